The fraction of sp³-hybridized carbons (Fsp3) is 0. The van der Waals surface area contributed by atoms with Crippen molar-refractivity contribution in [3.05, 3.63) is 69.7 Å². The van der Waals surface area contributed by atoms with Crippen LogP contribution in [0.3, 0.4) is 0 Å². The van der Waals surface area contributed by atoms with Crippen molar-refractivity contribution in [1.82, 2.24) is 9.97 Å². The Kier molecular flexibility index (Phi) is 2.25. The van der Waals surface area contributed by atoms with Gasteiger partial charge < -0.3 is 9.97 Å². The molecule has 1 aliphatic carbocycles. The fourth-order valence-electron chi connectivity index (χ4n) is 3.32. The molecule has 2 nitrogen and oxygen atoms in total. The Morgan fingerprint density at radius 3 is 1.45 bits per heavy atom. The molecule has 4 aromatic rings. The Labute approximate surface area is 126 Å². The van der Waals surface area contributed by atoms with E-state index in [9.17, 15) is 0 Å². The van der Waals surface area contributed by atoms with Gasteiger partial charge in [-0.05, 0) is 24.3 Å². The highest BCUT2D eigenvalue weighted by Gasteiger charge is 2.02. The van der Waals surface area contributed by atoms with Crippen LogP contribution in [0.15, 0.2) is 48.5 Å². The van der Waals surface area contributed by atoms with E-state index in [1.807, 2.05) is 0 Å². The number of rotatable bonds is 0. The number of aromatic amines is 2. The lowest BCUT2D eigenvalue weighted by atomic mass is 10.1. The molecule has 0 atom stereocenters. The average Bonchev–Trinajstić information content (AvgIpc) is 3.06. The van der Waals surface area contributed by atoms with Crippen molar-refractivity contribution in [3.63, 3.8) is 0 Å². The van der Waals surface area contributed by atoms with Gasteiger partial charge >= 0.3 is 0 Å². The van der Waals surface area contributed by atoms with Crippen LogP contribution in [0, 0.1) is 0 Å². The van der Waals surface area contributed by atoms with Gasteiger partial charge in [-0.1, -0.05) is 48.6 Å². The minimum atomic E-state index is 1.16. The van der Waals surface area contributed by atoms with E-state index in [4.69, 9.17) is 0 Å². The summed E-state index contributed by atoms with van der Waals surface area (Å²) in [6.45, 7) is 0. The van der Waals surface area contributed by atoms with Gasteiger partial charge in [0.15, 0.2) is 0 Å². The molecule has 2 heteroatoms. The predicted octanol–water partition coefficient (Wildman–Crippen LogP) is 1.48. The van der Waals surface area contributed by atoms with Crippen LogP contribution in [-0.4, -0.2) is 9.97 Å². The molecule has 5 rings (SSSR count). The molecule has 0 saturated heterocycles. The van der Waals surface area contributed by atoms with Crippen molar-refractivity contribution >= 4 is 46.1 Å². The highest BCUT2D eigenvalue weighted by Crippen LogP contribution is 2.05. The molecule has 1 aliphatic rings. The van der Waals surface area contributed by atoms with Gasteiger partial charge in [0.1, 0.15) is 0 Å². The number of benzene rings is 2. The summed E-state index contributed by atoms with van der Waals surface area (Å²) in [5.74, 6) is 0. The number of hydrogen-bond acceptors (Lipinski definition) is 0. The highest BCUT2D eigenvalue weighted by molar-refractivity contribution is 5.88. The molecule has 0 amide bonds. The molecule has 0 saturated carbocycles. The third-order valence-electron chi connectivity index (χ3n) is 4.39. The summed E-state index contributed by atoms with van der Waals surface area (Å²) in [7, 11) is 0. The summed E-state index contributed by atoms with van der Waals surface area (Å²) < 4.78 is 0. The number of nitrogens with one attached hydrogen (secondary N) is 2. The van der Waals surface area contributed by atoms with Crippen molar-refractivity contribution in [3.8, 4) is 0 Å². The minimum absolute atomic E-state index is 1.16. The molecule has 0 bridgehead atoms. The van der Waals surface area contributed by atoms with E-state index in [2.05, 4.69) is 82.8 Å². The Morgan fingerprint density at radius 1 is 0.500 bits per heavy atom. The lowest BCUT2D eigenvalue weighted by Gasteiger charge is -1.88. The molecular weight excluding hydrogens is 268 g/mol. The first-order valence-electron chi connectivity index (χ1n) is 7.48. The SMILES string of the molecule is C1=c2\c([nH]c3ccccc23)=C/C=c2\c([nH]c3ccccc23)=C/1. The molecule has 2 heterocycles. The second-order valence-corrected chi connectivity index (χ2v) is 5.66. The maximum Gasteiger partial charge on any atom is 0.0465 e. The summed E-state index contributed by atoms with van der Waals surface area (Å²) in [6.07, 6.45) is 8.76. The molecular formula is C20H14N2. The predicted molar refractivity (Wildman–Crippen MR) is 93.0 cm³/mol. The Hall–Kier alpha value is -3.00. The van der Waals surface area contributed by atoms with Gasteiger partial charge in [0.25, 0.3) is 0 Å². The molecule has 22 heavy (non-hydrogen) atoms. The largest absolute Gasteiger partial charge is 0.355 e. The van der Waals surface area contributed by atoms with Crippen LogP contribution in [0.25, 0.3) is 46.1 Å². The monoisotopic (exact) mass is 282 g/mol. The molecule has 0 radical (unpaired) electrons. The van der Waals surface area contributed by atoms with Gasteiger partial charge in [0, 0.05) is 42.9 Å². The van der Waals surface area contributed by atoms with Crippen LogP contribution >= 0.6 is 0 Å². The van der Waals surface area contributed by atoms with Crippen LogP contribution in [-0.2, 0) is 0 Å². The van der Waals surface area contributed by atoms with Gasteiger partial charge in [-0.3, -0.25) is 0 Å². The number of para-hydroxylation sites is 2. The maximum absolute atomic E-state index is 3.51. The van der Waals surface area contributed by atoms with E-state index in [1.165, 1.54) is 32.2 Å². The molecule has 0 unspecified atom stereocenters. The molecule has 2 N–H and O–H groups in total. The van der Waals surface area contributed by atoms with Crippen molar-refractivity contribution in [2.24, 2.45) is 0 Å². The second kappa shape index (κ2) is 4.25. The average molecular weight is 282 g/mol. The highest BCUT2D eigenvalue weighted by atomic mass is 14.7. The van der Waals surface area contributed by atoms with Crippen molar-refractivity contribution < 1.29 is 0 Å². The van der Waals surface area contributed by atoms with Gasteiger partial charge in [-0.25, -0.2) is 0 Å². The van der Waals surface area contributed by atoms with Crippen molar-refractivity contribution in [1.29, 1.82) is 0 Å². The van der Waals surface area contributed by atoms with Crippen LogP contribution < -0.4 is 21.1 Å². The number of hydrogen-bond donors (Lipinski definition) is 2. The van der Waals surface area contributed by atoms with Gasteiger partial charge in [0.05, 0.1) is 0 Å². The first kappa shape index (κ1) is 11.6. The zero-order chi connectivity index (χ0) is 14.5. The third kappa shape index (κ3) is 1.55. The lowest BCUT2D eigenvalue weighted by Crippen LogP contribution is -2.28. The number of H-pyrrole nitrogens is 2. The molecule has 0 aliphatic heterocycles. The Morgan fingerprint density at radius 2 is 0.955 bits per heavy atom. The standard InChI is InChI=1S/C20H14N2/c1-3-7-17-13(5-1)15-9-11-20-16(10-12-19(15)21-17)14-6-2-4-8-18(14)22-20/h1-12,21-22H/b11-9?,12-10?,15-9-,16-10-,19-12+,20-11+. The molecule has 2 aromatic heterocycles. The van der Waals surface area contributed by atoms with E-state index >= 15 is 0 Å². The third-order valence-corrected chi connectivity index (χ3v) is 4.39. The topological polar surface area (TPSA) is 31.6 Å². The van der Waals surface area contributed by atoms with Crippen LogP contribution in [0.4, 0.5) is 0 Å². The van der Waals surface area contributed by atoms with Gasteiger partial charge in [-0.2, -0.15) is 0 Å². The summed E-state index contributed by atoms with van der Waals surface area (Å²) in [5.41, 5.74) is 2.36. The van der Waals surface area contributed by atoms with Crippen LogP contribution in [0.1, 0.15) is 0 Å². The van der Waals surface area contributed by atoms with Gasteiger partial charge in [-0.15, -0.1) is 0 Å². The second-order valence-electron chi connectivity index (χ2n) is 5.66. The maximum atomic E-state index is 3.51. The first-order chi connectivity index (χ1) is 10.9. The summed E-state index contributed by atoms with van der Waals surface area (Å²) >= 11 is 0. The van der Waals surface area contributed by atoms with E-state index < -0.39 is 0 Å². The Balaban J connectivity index is 1.98. The zero-order valence-corrected chi connectivity index (χ0v) is 11.9. The fourth-order valence-corrected chi connectivity index (χ4v) is 3.32. The zero-order valence-electron chi connectivity index (χ0n) is 11.9. The van der Waals surface area contributed by atoms with E-state index in [-0.39, 0.29) is 0 Å². The van der Waals surface area contributed by atoms with Crippen LogP contribution in [0.2, 0.25) is 0 Å². The summed E-state index contributed by atoms with van der Waals surface area (Å²) in [6, 6.07) is 16.9. The first-order valence-corrected chi connectivity index (χ1v) is 7.48. The summed E-state index contributed by atoms with van der Waals surface area (Å²) in [5, 5.41) is 7.34. The minimum Gasteiger partial charge on any atom is -0.355 e. The quantitative estimate of drug-likeness (QED) is 0.490. The smallest absolute Gasteiger partial charge is 0.0465 e. The van der Waals surface area contributed by atoms with Crippen molar-refractivity contribution in [2.75, 3.05) is 0 Å². The molecule has 104 valence electrons. The normalized spacial score (nSPS) is 19.3. The van der Waals surface area contributed by atoms with E-state index in [0.29, 0.717) is 0 Å². The van der Waals surface area contributed by atoms with E-state index in [1.54, 1.807) is 0 Å². The van der Waals surface area contributed by atoms with Gasteiger partial charge in [0.2, 0.25) is 0 Å². The van der Waals surface area contributed by atoms with E-state index in [0.717, 1.165) is 10.7 Å². The van der Waals surface area contributed by atoms with Crippen molar-refractivity contribution in [2.45, 2.75) is 0 Å². The molecule has 0 spiro atoms. The molecule has 0 fully saturated rings. The molecule has 2 aromatic carbocycles. The summed E-state index contributed by atoms with van der Waals surface area (Å²) in [4.78, 5) is 7.01. The Bertz CT molecular complexity index is 1160. The number of fused-ring (bicyclic) bond motifs is 6. The number of aromatic nitrogens is 2. The van der Waals surface area contributed by atoms with Crippen LogP contribution in [0.5, 0.6) is 0 Å². The lowest BCUT2D eigenvalue weighted by molar-refractivity contribution is 1.35.